The summed E-state index contributed by atoms with van der Waals surface area (Å²) in [6.07, 6.45) is -0.161. The predicted molar refractivity (Wildman–Crippen MR) is 73.1 cm³/mol. The van der Waals surface area contributed by atoms with Crippen LogP contribution in [0.1, 0.15) is 29.3 Å². The van der Waals surface area contributed by atoms with Crippen molar-refractivity contribution in [3.05, 3.63) is 29.3 Å². The molecule has 5 nitrogen and oxygen atoms in total. The minimum absolute atomic E-state index is 0.137. The van der Waals surface area contributed by atoms with Crippen LogP contribution in [0.5, 0.6) is 0 Å². The molecular weight excluding hydrogens is 244 g/mol. The largest absolute Gasteiger partial charge is 0.345 e. The number of nitrogens with one attached hydrogen (secondary N) is 1. The number of hydrogen-bond donors (Lipinski definition) is 1. The topological polar surface area (TPSA) is 66.5 Å². The highest BCUT2D eigenvalue weighted by Gasteiger charge is 2.12. The van der Waals surface area contributed by atoms with Crippen molar-refractivity contribution in [3.63, 3.8) is 0 Å². The summed E-state index contributed by atoms with van der Waals surface area (Å²) in [5.74, 6) is -0.706. The first-order chi connectivity index (χ1) is 8.81. The van der Waals surface area contributed by atoms with E-state index in [9.17, 15) is 14.4 Å². The number of ketones is 1. The summed E-state index contributed by atoms with van der Waals surface area (Å²) >= 11 is 0. The highest BCUT2D eigenvalue weighted by atomic mass is 16.2. The summed E-state index contributed by atoms with van der Waals surface area (Å²) in [6, 6.07) is 5.09. The molecule has 0 aliphatic carbocycles. The first-order valence-corrected chi connectivity index (χ1v) is 5.93. The van der Waals surface area contributed by atoms with E-state index in [-0.39, 0.29) is 24.0 Å². The Kier molecular flexibility index (Phi) is 4.80. The number of amides is 2. The fraction of sp³-hybridized carbons (Fsp3) is 0.357. The Morgan fingerprint density at radius 3 is 2.37 bits per heavy atom. The standard InChI is InChI=1S/C14H18N2O3/c1-9-5-6-11(14(19)16(3)4)8-12(9)15-13(18)7-10(2)17/h5-6,8H,7H2,1-4H3,(H,15,18). The number of Topliss-reactive ketones (excluding diaryl/α,β-unsaturated/α-hetero) is 1. The zero-order valence-electron chi connectivity index (χ0n) is 11.6. The van der Waals surface area contributed by atoms with E-state index in [1.165, 1.54) is 11.8 Å². The van der Waals surface area contributed by atoms with E-state index in [1.54, 1.807) is 32.3 Å². The van der Waals surface area contributed by atoms with Crippen LogP contribution in [0.15, 0.2) is 18.2 Å². The van der Waals surface area contributed by atoms with E-state index in [4.69, 9.17) is 0 Å². The van der Waals surface area contributed by atoms with Crippen molar-refractivity contribution in [2.45, 2.75) is 20.3 Å². The number of aryl methyl sites for hydroxylation is 1. The molecule has 0 unspecified atom stereocenters. The van der Waals surface area contributed by atoms with Crippen LogP contribution in [0.25, 0.3) is 0 Å². The van der Waals surface area contributed by atoms with Crippen molar-refractivity contribution < 1.29 is 14.4 Å². The number of carbonyl (C=O) groups is 3. The summed E-state index contributed by atoms with van der Waals surface area (Å²) in [5.41, 5.74) is 1.89. The molecule has 0 aliphatic heterocycles. The van der Waals surface area contributed by atoms with Crippen LogP contribution >= 0.6 is 0 Å². The zero-order valence-corrected chi connectivity index (χ0v) is 11.6. The molecule has 0 aliphatic rings. The van der Waals surface area contributed by atoms with Crippen molar-refractivity contribution in [1.82, 2.24) is 4.90 Å². The van der Waals surface area contributed by atoms with Crippen LogP contribution in [0.2, 0.25) is 0 Å². The summed E-state index contributed by atoms with van der Waals surface area (Å²) in [6.45, 7) is 3.19. The molecule has 1 aromatic rings. The third kappa shape index (κ3) is 4.21. The highest BCUT2D eigenvalue weighted by molar-refractivity contribution is 6.04. The molecule has 19 heavy (non-hydrogen) atoms. The first-order valence-electron chi connectivity index (χ1n) is 5.93. The van der Waals surface area contributed by atoms with Crippen LogP contribution in [0.3, 0.4) is 0 Å². The van der Waals surface area contributed by atoms with E-state index in [0.717, 1.165) is 5.56 Å². The fourth-order valence-corrected chi connectivity index (χ4v) is 1.57. The number of anilines is 1. The van der Waals surface area contributed by atoms with E-state index in [1.807, 2.05) is 6.92 Å². The van der Waals surface area contributed by atoms with Crippen molar-refractivity contribution >= 4 is 23.3 Å². The Hall–Kier alpha value is -2.17. The maximum absolute atomic E-state index is 11.8. The van der Waals surface area contributed by atoms with Crippen LogP contribution in [0, 0.1) is 6.92 Å². The van der Waals surface area contributed by atoms with Crippen molar-refractivity contribution in [2.24, 2.45) is 0 Å². The molecular formula is C14H18N2O3. The molecule has 0 fully saturated rings. The number of hydrogen-bond acceptors (Lipinski definition) is 3. The lowest BCUT2D eigenvalue weighted by molar-refractivity contribution is -0.124. The van der Waals surface area contributed by atoms with Gasteiger partial charge in [0.15, 0.2) is 0 Å². The molecule has 5 heteroatoms. The second-order valence-electron chi connectivity index (χ2n) is 4.66. The molecule has 0 saturated heterocycles. The summed E-state index contributed by atoms with van der Waals surface area (Å²) in [4.78, 5) is 35.7. The predicted octanol–water partition coefficient (Wildman–Crippen LogP) is 1.61. The van der Waals surface area contributed by atoms with Gasteiger partial charge in [-0.05, 0) is 31.5 Å². The van der Waals surface area contributed by atoms with E-state index < -0.39 is 0 Å². The lowest BCUT2D eigenvalue weighted by Crippen LogP contribution is -2.22. The molecule has 2 amide bonds. The van der Waals surface area contributed by atoms with Crippen LogP contribution in [0.4, 0.5) is 5.69 Å². The van der Waals surface area contributed by atoms with Gasteiger partial charge in [-0.25, -0.2) is 0 Å². The van der Waals surface area contributed by atoms with Gasteiger partial charge in [-0.2, -0.15) is 0 Å². The molecule has 1 rings (SSSR count). The van der Waals surface area contributed by atoms with Gasteiger partial charge in [0.1, 0.15) is 5.78 Å². The summed E-state index contributed by atoms with van der Waals surface area (Å²) < 4.78 is 0. The number of benzene rings is 1. The highest BCUT2D eigenvalue weighted by Crippen LogP contribution is 2.18. The Bertz CT molecular complexity index is 521. The van der Waals surface area contributed by atoms with Crippen LogP contribution in [-0.2, 0) is 9.59 Å². The van der Waals surface area contributed by atoms with Gasteiger partial charge in [-0.15, -0.1) is 0 Å². The Morgan fingerprint density at radius 2 is 1.84 bits per heavy atom. The molecule has 0 radical (unpaired) electrons. The maximum atomic E-state index is 11.8. The van der Waals surface area contributed by atoms with Gasteiger partial charge < -0.3 is 10.2 Å². The zero-order chi connectivity index (χ0) is 14.6. The second kappa shape index (κ2) is 6.13. The van der Waals surface area contributed by atoms with E-state index >= 15 is 0 Å². The van der Waals surface area contributed by atoms with E-state index in [2.05, 4.69) is 5.32 Å². The number of carbonyl (C=O) groups excluding carboxylic acids is 3. The minimum Gasteiger partial charge on any atom is -0.345 e. The van der Waals surface area contributed by atoms with Gasteiger partial charge in [0.25, 0.3) is 5.91 Å². The summed E-state index contributed by atoms with van der Waals surface area (Å²) in [7, 11) is 3.33. The van der Waals surface area contributed by atoms with Gasteiger partial charge in [0.2, 0.25) is 5.91 Å². The molecule has 0 saturated carbocycles. The molecule has 0 aromatic heterocycles. The fourth-order valence-electron chi connectivity index (χ4n) is 1.57. The normalized spacial score (nSPS) is 9.89. The smallest absolute Gasteiger partial charge is 0.253 e. The molecule has 0 spiro atoms. The second-order valence-corrected chi connectivity index (χ2v) is 4.66. The Morgan fingerprint density at radius 1 is 1.21 bits per heavy atom. The van der Waals surface area contributed by atoms with Gasteiger partial charge >= 0.3 is 0 Å². The SMILES string of the molecule is CC(=O)CC(=O)Nc1cc(C(=O)N(C)C)ccc1C. The minimum atomic E-state index is -0.370. The maximum Gasteiger partial charge on any atom is 0.253 e. The van der Waals surface area contributed by atoms with Crippen LogP contribution < -0.4 is 5.32 Å². The van der Waals surface area contributed by atoms with E-state index in [0.29, 0.717) is 11.3 Å². The monoisotopic (exact) mass is 262 g/mol. The molecule has 1 N–H and O–H groups in total. The molecule has 0 heterocycles. The third-order valence-corrected chi connectivity index (χ3v) is 2.57. The lowest BCUT2D eigenvalue weighted by atomic mass is 10.1. The molecule has 0 bridgehead atoms. The molecule has 0 atom stereocenters. The first kappa shape index (κ1) is 14.9. The van der Waals surface area contributed by atoms with Gasteiger partial charge in [-0.1, -0.05) is 6.07 Å². The van der Waals surface area contributed by atoms with Crippen molar-refractivity contribution in [2.75, 3.05) is 19.4 Å². The Balaban J connectivity index is 2.95. The number of rotatable bonds is 4. The van der Waals surface area contributed by atoms with Crippen molar-refractivity contribution in [3.8, 4) is 0 Å². The lowest BCUT2D eigenvalue weighted by Gasteiger charge is -2.13. The average molecular weight is 262 g/mol. The average Bonchev–Trinajstić information content (AvgIpc) is 2.29. The molecule has 1 aromatic carbocycles. The van der Waals surface area contributed by atoms with Gasteiger partial charge in [0.05, 0.1) is 6.42 Å². The van der Waals surface area contributed by atoms with Gasteiger partial charge in [0, 0.05) is 25.3 Å². The number of nitrogens with zero attached hydrogens (tertiary/aromatic N) is 1. The van der Waals surface area contributed by atoms with Crippen LogP contribution in [-0.4, -0.2) is 36.6 Å². The van der Waals surface area contributed by atoms with Gasteiger partial charge in [-0.3, -0.25) is 14.4 Å². The Labute approximate surface area is 112 Å². The molecule has 102 valence electrons. The third-order valence-electron chi connectivity index (χ3n) is 2.57. The quantitative estimate of drug-likeness (QED) is 0.838. The summed E-state index contributed by atoms with van der Waals surface area (Å²) in [5, 5.41) is 2.65. The van der Waals surface area contributed by atoms with Crippen molar-refractivity contribution in [1.29, 1.82) is 0 Å².